The number of hydrogen-bond donors (Lipinski definition) is 1. The van der Waals surface area contributed by atoms with E-state index >= 15 is 0 Å². The molecule has 0 radical (unpaired) electrons. The van der Waals surface area contributed by atoms with Gasteiger partial charge in [-0.25, -0.2) is 4.98 Å². The summed E-state index contributed by atoms with van der Waals surface area (Å²) in [5.41, 5.74) is 0. The van der Waals surface area contributed by atoms with E-state index in [2.05, 4.69) is 14.7 Å². The molecule has 0 saturated carbocycles. The van der Waals surface area contributed by atoms with Gasteiger partial charge in [-0.05, 0) is 0 Å². The van der Waals surface area contributed by atoms with Gasteiger partial charge in [-0.15, -0.1) is 0 Å². The average molecular weight is 150 g/mol. The molecule has 0 atom stereocenters. The Hall–Kier alpha value is -0.320. The Morgan fingerprint density at radius 2 is 2.60 bits per heavy atom. The standard InChI is InChI=1S/C5H6N2O2.Na.H/c1-4(8)9-5-2-6-3-7-5;;/h2-3H,1H3,(H,6,7);;/q;+1;-1. The van der Waals surface area contributed by atoms with E-state index in [-0.39, 0.29) is 37.0 Å². The van der Waals surface area contributed by atoms with Gasteiger partial charge >= 0.3 is 35.5 Å². The first-order chi connectivity index (χ1) is 4.29. The summed E-state index contributed by atoms with van der Waals surface area (Å²) in [7, 11) is 0. The second-order valence-electron chi connectivity index (χ2n) is 1.51. The molecule has 1 rings (SSSR count). The smallest absolute Gasteiger partial charge is 1.00 e. The van der Waals surface area contributed by atoms with Crippen molar-refractivity contribution in [3.63, 3.8) is 0 Å². The number of imidazole rings is 1. The third-order valence-corrected chi connectivity index (χ3v) is 0.727. The quantitative estimate of drug-likeness (QED) is 0.354. The van der Waals surface area contributed by atoms with Crippen molar-refractivity contribution in [2.24, 2.45) is 0 Å². The van der Waals surface area contributed by atoms with Crippen LogP contribution in [0.3, 0.4) is 0 Å². The molecule has 1 N–H and O–H groups in total. The van der Waals surface area contributed by atoms with Crippen LogP contribution in [0.5, 0.6) is 5.88 Å². The van der Waals surface area contributed by atoms with Crippen LogP contribution in [0.2, 0.25) is 0 Å². The van der Waals surface area contributed by atoms with Gasteiger partial charge in [-0.2, -0.15) is 0 Å². The number of rotatable bonds is 1. The van der Waals surface area contributed by atoms with Crippen molar-refractivity contribution in [3.05, 3.63) is 12.5 Å². The van der Waals surface area contributed by atoms with Gasteiger partial charge in [-0.1, -0.05) is 0 Å². The van der Waals surface area contributed by atoms with E-state index in [0.717, 1.165) is 0 Å². The Kier molecular flexibility index (Phi) is 4.34. The molecule has 1 heterocycles. The number of aromatic nitrogens is 2. The number of nitrogens with zero attached hydrogens (tertiary/aromatic N) is 1. The Labute approximate surface area is 81.8 Å². The molecule has 0 bridgehead atoms. The molecular formula is C5H7N2NaO2. The Balaban J connectivity index is 0. The molecular weight excluding hydrogens is 143 g/mol. The molecule has 1 aromatic rings. The molecule has 10 heavy (non-hydrogen) atoms. The molecule has 1 aromatic heterocycles. The molecule has 0 aromatic carbocycles. The number of carbonyl (C=O) groups excluding carboxylic acids is 1. The van der Waals surface area contributed by atoms with Gasteiger partial charge in [0.1, 0.15) is 0 Å². The van der Waals surface area contributed by atoms with E-state index in [1.807, 2.05) is 0 Å². The summed E-state index contributed by atoms with van der Waals surface area (Å²) in [6, 6.07) is 0. The minimum atomic E-state index is -0.348. The van der Waals surface area contributed by atoms with Gasteiger partial charge in [0.25, 0.3) is 0 Å². The fraction of sp³-hybridized carbons (Fsp3) is 0.200. The maximum Gasteiger partial charge on any atom is 1.00 e. The summed E-state index contributed by atoms with van der Waals surface area (Å²) in [6.07, 6.45) is 2.87. The predicted octanol–water partition coefficient (Wildman–Crippen LogP) is -2.55. The van der Waals surface area contributed by atoms with Crippen molar-refractivity contribution in [3.8, 4) is 5.88 Å². The third kappa shape index (κ3) is 3.00. The van der Waals surface area contributed by atoms with Crippen LogP contribution in [-0.4, -0.2) is 15.9 Å². The fourth-order valence-electron chi connectivity index (χ4n) is 0.454. The molecule has 0 saturated heterocycles. The Bertz CT molecular complexity index is 202. The van der Waals surface area contributed by atoms with Gasteiger partial charge in [0.15, 0.2) is 0 Å². The van der Waals surface area contributed by atoms with Crippen molar-refractivity contribution < 1.29 is 40.5 Å². The van der Waals surface area contributed by atoms with Gasteiger partial charge in [-0.3, -0.25) is 4.79 Å². The first-order valence-electron chi connectivity index (χ1n) is 2.46. The Morgan fingerprint density at radius 3 is 3.00 bits per heavy atom. The first kappa shape index (κ1) is 9.68. The van der Waals surface area contributed by atoms with Gasteiger partial charge in [0.05, 0.1) is 12.5 Å². The maximum absolute atomic E-state index is 10.2. The van der Waals surface area contributed by atoms with Gasteiger partial charge < -0.3 is 11.1 Å². The number of H-pyrrole nitrogens is 1. The number of carbonyl (C=O) groups is 1. The monoisotopic (exact) mass is 150 g/mol. The zero-order chi connectivity index (χ0) is 6.69. The molecule has 0 aliphatic heterocycles. The minimum Gasteiger partial charge on any atom is -1.00 e. The third-order valence-electron chi connectivity index (χ3n) is 0.727. The summed E-state index contributed by atoms with van der Waals surface area (Å²) in [6.45, 7) is 1.33. The van der Waals surface area contributed by atoms with Gasteiger partial charge in [0.2, 0.25) is 5.88 Å². The molecule has 0 fully saturated rings. The second kappa shape index (κ2) is 4.49. The van der Waals surface area contributed by atoms with E-state index < -0.39 is 0 Å². The molecule has 0 aliphatic carbocycles. The number of hydrogen-bond acceptors (Lipinski definition) is 3. The van der Waals surface area contributed by atoms with Crippen molar-refractivity contribution in [2.45, 2.75) is 6.92 Å². The van der Waals surface area contributed by atoms with Crippen LogP contribution in [-0.2, 0) is 4.79 Å². The van der Waals surface area contributed by atoms with E-state index in [1.54, 1.807) is 0 Å². The van der Waals surface area contributed by atoms with E-state index in [4.69, 9.17) is 0 Å². The fourth-order valence-corrected chi connectivity index (χ4v) is 0.454. The number of nitrogens with one attached hydrogen (secondary N) is 1. The zero-order valence-electron chi connectivity index (χ0n) is 6.92. The summed E-state index contributed by atoms with van der Waals surface area (Å²) in [4.78, 5) is 16.5. The molecule has 0 unspecified atom stereocenters. The van der Waals surface area contributed by atoms with Crippen molar-refractivity contribution >= 4 is 5.97 Å². The molecule has 0 spiro atoms. The summed E-state index contributed by atoms with van der Waals surface area (Å²) >= 11 is 0. The minimum absolute atomic E-state index is 0. The second-order valence-corrected chi connectivity index (χ2v) is 1.51. The molecule has 0 aliphatic rings. The van der Waals surface area contributed by atoms with Crippen LogP contribution in [0.15, 0.2) is 12.5 Å². The summed E-state index contributed by atoms with van der Waals surface area (Å²) in [5, 5.41) is 0. The van der Waals surface area contributed by atoms with Crippen molar-refractivity contribution in [1.29, 1.82) is 0 Å². The molecule has 4 nitrogen and oxygen atoms in total. The van der Waals surface area contributed by atoms with Crippen LogP contribution in [0, 0.1) is 0 Å². The number of aromatic amines is 1. The van der Waals surface area contributed by atoms with E-state index in [1.165, 1.54) is 19.4 Å². The normalized spacial score (nSPS) is 8.10. The summed E-state index contributed by atoms with van der Waals surface area (Å²) in [5.74, 6) is 0.0294. The van der Waals surface area contributed by atoms with E-state index in [9.17, 15) is 4.79 Å². The SMILES string of the molecule is CC(=O)Oc1cnc[nH]1.[H-].[Na+]. The number of esters is 1. The van der Waals surface area contributed by atoms with Crippen LogP contribution in [0.25, 0.3) is 0 Å². The zero-order valence-corrected chi connectivity index (χ0v) is 7.92. The largest absolute Gasteiger partial charge is 1.00 e. The van der Waals surface area contributed by atoms with Crippen LogP contribution >= 0.6 is 0 Å². The maximum atomic E-state index is 10.2. The average Bonchev–Trinajstić information content (AvgIpc) is 2.15. The Morgan fingerprint density at radius 1 is 1.90 bits per heavy atom. The molecule has 50 valence electrons. The van der Waals surface area contributed by atoms with Crippen molar-refractivity contribution in [2.75, 3.05) is 0 Å². The topological polar surface area (TPSA) is 55.0 Å². The predicted molar refractivity (Wildman–Crippen MR) is 31.0 cm³/mol. The molecule has 5 heteroatoms. The van der Waals surface area contributed by atoms with Crippen molar-refractivity contribution in [1.82, 2.24) is 9.97 Å². The number of ether oxygens (including phenoxy) is 1. The first-order valence-corrected chi connectivity index (χ1v) is 2.46. The van der Waals surface area contributed by atoms with E-state index in [0.29, 0.717) is 5.88 Å². The van der Waals surface area contributed by atoms with Crippen LogP contribution in [0.4, 0.5) is 0 Å². The van der Waals surface area contributed by atoms with Crippen LogP contribution in [0.1, 0.15) is 8.35 Å². The van der Waals surface area contributed by atoms with Crippen LogP contribution < -0.4 is 34.3 Å². The van der Waals surface area contributed by atoms with Gasteiger partial charge in [0, 0.05) is 6.92 Å². The molecule has 0 amide bonds. The summed E-state index contributed by atoms with van der Waals surface area (Å²) < 4.78 is 4.60.